The van der Waals surface area contributed by atoms with E-state index in [1.165, 1.54) is 15.7 Å². The smallest absolute Gasteiger partial charge is 0.0234 e. The van der Waals surface area contributed by atoms with Crippen LogP contribution in [0.4, 0.5) is 0 Å². The molecule has 18 heavy (non-hydrogen) atoms. The van der Waals surface area contributed by atoms with Gasteiger partial charge in [0.05, 0.1) is 0 Å². The van der Waals surface area contributed by atoms with Crippen LogP contribution >= 0.6 is 11.9 Å². The predicted octanol–water partition coefficient (Wildman–Crippen LogP) is 1.98. The minimum atomic E-state index is 0.692. The molecule has 0 amide bonds. The molecule has 0 atom stereocenters. The number of hydrogen-bond acceptors (Lipinski definition) is 4. The summed E-state index contributed by atoms with van der Waals surface area (Å²) in [5.74, 6) is 0. The molecule has 2 aromatic carbocycles. The molecule has 4 N–H and O–H groups in total. The van der Waals surface area contributed by atoms with E-state index in [1.54, 1.807) is 11.9 Å². The molecule has 2 rings (SSSR count). The van der Waals surface area contributed by atoms with Crippen LogP contribution in [-0.2, 0) is 0 Å². The van der Waals surface area contributed by atoms with Crippen LogP contribution in [0.15, 0.2) is 47.4 Å². The Bertz CT molecular complexity index is 487. The van der Waals surface area contributed by atoms with Gasteiger partial charge in [0.15, 0.2) is 0 Å². The van der Waals surface area contributed by atoms with E-state index < -0.39 is 0 Å². The number of hydrogen-bond donors (Lipinski definition) is 3. The van der Waals surface area contributed by atoms with Gasteiger partial charge in [0, 0.05) is 31.1 Å². The Hall–Kier alpha value is -1.07. The average Bonchev–Trinajstić information content (AvgIpc) is 2.42. The van der Waals surface area contributed by atoms with Crippen molar-refractivity contribution in [2.75, 3.05) is 26.2 Å². The second-order valence-electron chi connectivity index (χ2n) is 4.04. The quantitative estimate of drug-likeness (QED) is 0.527. The predicted molar refractivity (Wildman–Crippen MR) is 79.7 cm³/mol. The van der Waals surface area contributed by atoms with Crippen molar-refractivity contribution in [1.82, 2.24) is 10.0 Å². The number of fused-ring (bicyclic) bond motifs is 1. The summed E-state index contributed by atoms with van der Waals surface area (Å²) in [5.41, 5.74) is 5.40. The van der Waals surface area contributed by atoms with Gasteiger partial charge < -0.3 is 11.1 Å². The van der Waals surface area contributed by atoms with Crippen LogP contribution in [-0.4, -0.2) is 26.2 Å². The second-order valence-corrected chi connectivity index (χ2v) is 5.01. The fourth-order valence-corrected chi connectivity index (χ4v) is 2.42. The molecule has 3 nitrogen and oxygen atoms in total. The number of benzene rings is 2. The van der Waals surface area contributed by atoms with Crippen LogP contribution in [0.1, 0.15) is 0 Å². The van der Waals surface area contributed by atoms with Gasteiger partial charge in [-0.15, -0.1) is 0 Å². The van der Waals surface area contributed by atoms with Gasteiger partial charge >= 0.3 is 0 Å². The molecular weight excluding hydrogens is 242 g/mol. The Kier molecular flexibility index (Phi) is 5.48. The SMILES string of the molecule is NCCNCCNSc1ccc2ccccc2c1. The highest BCUT2D eigenvalue weighted by atomic mass is 32.2. The third-order valence-electron chi connectivity index (χ3n) is 2.64. The van der Waals surface area contributed by atoms with E-state index >= 15 is 0 Å². The van der Waals surface area contributed by atoms with Crippen LogP contribution in [0.3, 0.4) is 0 Å². The van der Waals surface area contributed by atoms with Crippen molar-refractivity contribution in [1.29, 1.82) is 0 Å². The molecule has 0 bridgehead atoms. The fraction of sp³-hybridized carbons (Fsp3) is 0.286. The van der Waals surface area contributed by atoms with Gasteiger partial charge in [0.2, 0.25) is 0 Å². The van der Waals surface area contributed by atoms with Crippen LogP contribution in [0, 0.1) is 0 Å². The third kappa shape index (κ3) is 3.99. The minimum absolute atomic E-state index is 0.692. The zero-order valence-electron chi connectivity index (χ0n) is 10.4. The van der Waals surface area contributed by atoms with Gasteiger partial charge in [-0.05, 0) is 34.9 Å². The molecule has 0 unspecified atom stereocenters. The second kappa shape index (κ2) is 7.38. The minimum Gasteiger partial charge on any atom is -0.329 e. The van der Waals surface area contributed by atoms with E-state index in [1.807, 2.05) is 0 Å². The van der Waals surface area contributed by atoms with Crippen LogP contribution in [0.25, 0.3) is 10.8 Å². The number of rotatable bonds is 7. The van der Waals surface area contributed by atoms with Gasteiger partial charge in [-0.2, -0.15) is 0 Å². The maximum Gasteiger partial charge on any atom is 0.0234 e. The topological polar surface area (TPSA) is 50.1 Å². The monoisotopic (exact) mass is 261 g/mol. The summed E-state index contributed by atoms with van der Waals surface area (Å²) in [6.07, 6.45) is 0. The van der Waals surface area contributed by atoms with Crippen LogP contribution in [0.2, 0.25) is 0 Å². The lowest BCUT2D eigenvalue weighted by molar-refractivity contribution is 0.684. The Morgan fingerprint density at radius 3 is 2.61 bits per heavy atom. The summed E-state index contributed by atoms with van der Waals surface area (Å²) < 4.78 is 3.34. The molecule has 0 aliphatic heterocycles. The Balaban J connectivity index is 1.81. The van der Waals surface area contributed by atoms with Crippen molar-refractivity contribution in [2.45, 2.75) is 4.90 Å². The first-order valence-corrected chi connectivity index (χ1v) is 7.01. The molecule has 0 saturated heterocycles. The molecule has 2 aromatic rings. The first-order chi connectivity index (χ1) is 8.90. The molecule has 0 aromatic heterocycles. The van der Waals surface area contributed by atoms with E-state index in [-0.39, 0.29) is 0 Å². The molecule has 0 spiro atoms. The summed E-state index contributed by atoms with van der Waals surface area (Å²) in [6, 6.07) is 14.9. The third-order valence-corrected chi connectivity index (χ3v) is 3.47. The highest BCUT2D eigenvalue weighted by Gasteiger charge is 1.96. The molecule has 96 valence electrons. The molecule has 0 radical (unpaired) electrons. The molecule has 0 fully saturated rings. The normalized spacial score (nSPS) is 10.9. The summed E-state index contributed by atoms with van der Waals surface area (Å²) in [5, 5.41) is 5.82. The van der Waals surface area contributed by atoms with Gasteiger partial charge in [-0.1, -0.05) is 30.3 Å². The maximum atomic E-state index is 5.40. The summed E-state index contributed by atoms with van der Waals surface area (Å²) >= 11 is 1.67. The van der Waals surface area contributed by atoms with Gasteiger partial charge in [-0.3, -0.25) is 4.72 Å². The van der Waals surface area contributed by atoms with E-state index in [0.717, 1.165) is 19.6 Å². The number of nitrogens with two attached hydrogens (primary N) is 1. The Labute approximate surface area is 112 Å². The highest BCUT2D eigenvalue weighted by molar-refractivity contribution is 7.97. The fourth-order valence-electron chi connectivity index (χ4n) is 1.73. The van der Waals surface area contributed by atoms with Crippen molar-refractivity contribution in [2.24, 2.45) is 5.73 Å². The molecule has 0 aliphatic rings. The highest BCUT2D eigenvalue weighted by Crippen LogP contribution is 2.21. The van der Waals surface area contributed by atoms with Crippen molar-refractivity contribution in [3.05, 3.63) is 42.5 Å². The standard InChI is InChI=1S/C14H19N3S/c15-7-8-16-9-10-17-18-14-6-5-12-3-1-2-4-13(12)11-14/h1-6,11,16-17H,7-10,15H2. The zero-order chi connectivity index (χ0) is 12.6. The van der Waals surface area contributed by atoms with Gasteiger partial charge in [0.1, 0.15) is 0 Å². The van der Waals surface area contributed by atoms with Crippen molar-refractivity contribution in [3.63, 3.8) is 0 Å². The lowest BCUT2D eigenvalue weighted by Gasteiger charge is -2.06. The first kappa shape index (κ1) is 13.4. The summed E-state index contributed by atoms with van der Waals surface area (Å²) in [6.45, 7) is 3.44. The van der Waals surface area contributed by atoms with Crippen molar-refractivity contribution in [3.8, 4) is 0 Å². The van der Waals surface area contributed by atoms with Crippen LogP contribution < -0.4 is 15.8 Å². The van der Waals surface area contributed by atoms with Crippen molar-refractivity contribution < 1.29 is 0 Å². The molecule has 0 saturated carbocycles. The van der Waals surface area contributed by atoms with E-state index in [9.17, 15) is 0 Å². The molecule has 4 heteroatoms. The van der Waals surface area contributed by atoms with E-state index in [0.29, 0.717) is 6.54 Å². The van der Waals surface area contributed by atoms with E-state index in [2.05, 4.69) is 52.5 Å². The van der Waals surface area contributed by atoms with Crippen molar-refractivity contribution >= 4 is 22.7 Å². The molecule has 0 aliphatic carbocycles. The Morgan fingerprint density at radius 1 is 0.944 bits per heavy atom. The summed E-state index contributed by atoms with van der Waals surface area (Å²) in [7, 11) is 0. The average molecular weight is 261 g/mol. The Morgan fingerprint density at radius 2 is 1.78 bits per heavy atom. The lowest BCUT2D eigenvalue weighted by Crippen LogP contribution is -2.28. The summed E-state index contributed by atoms with van der Waals surface area (Å²) in [4.78, 5) is 1.24. The first-order valence-electron chi connectivity index (χ1n) is 6.19. The largest absolute Gasteiger partial charge is 0.329 e. The zero-order valence-corrected chi connectivity index (χ0v) is 11.2. The van der Waals surface area contributed by atoms with Gasteiger partial charge in [0.25, 0.3) is 0 Å². The number of nitrogens with one attached hydrogen (secondary N) is 2. The lowest BCUT2D eigenvalue weighted by atomic mass is 10.1. The van der Waals surface area contributed by atoms with E-state index in [4.69, 9.17) is 5.73 Å². The molecular formula is C14H19N3S. The maximum absolute atomic E-state index is 5.40. The molecule has 0 heterocycles. The van der Waals surface area contributed by atoms with Crippen LogP contribution in [0.5, 0.6) is 0 Å². The van der Waals surface area contributed by atoms with Gasteiger partial charge in [-0.25, -0.2) is 0 Å².